The smallest absolute Gasteiger partial charge is 0.268 e. The van der Waals surface area contributed by atoms with Gasteiger partial charge in [0.25, 0.3) is 11.8 Å². The van der Waals surface area contributed by atoms with E-state index in [1.807, 2.05) is 38.1 Å². The Morgan fingerprint density at radius 1 is 1.00 bits per heavy atom. The molecular formula is C21H27NO3S. The molecule has 0 N–H and O–H groups in total. The fourth-order valence-corrected chi connectivity index (χ4v) is 4.65. The van der Waals surface area contributed by atoms with Crippen LogP contribution < -0.4 is 4.74 Å². The lowest BCUT2D eigenvalue weighted by atomic mass is 10.0. The number of carbonyl (C=O) groups excluding carboxylic acids is 2. The number of nitrogens with zero attached hydrogens (tertiary/aromatic N) is 1. The van der Waals surface area contributed by atoms with Gasteiger partial charge in [-0.3, -0.25) is 14.5 Å². The largest absolute Gasteiger partial charge is 0.494 e. The summed E-state index contributed by atoms with van der Waals surface area (Å²) in [6, 6.07) is 7.56. The SMILES string of the molecule is CCOc1ccc(C2=C(SCC)C(=O)N(C3CCCCCC3)C2=O)cc1. The average molecular weight is 374 g/mol. The van der Waals surface area contributed by atoms with E-state index in [-0.39, 0.29) is 17.9 Å². The van der Waals surface area contributed by atoms with Crippen LogP contribution in [0, 0.1) is 0 Å². The highest BCUT2D eigenvalue weighted by Gasteiger charge is 2.42. The van der Waals surface area contributed by atoms with Crippen molar-refractivity contribution in [1.29, 1.82) is 0 Å². The molecule has 0 atom stereocenters. The third-order valence-electron chi connectivity index (χ3n) is 5.01. The number of imide groups is 1. The van der Waals surface area contributed by atoms with Crippen molar-refractivity contribution in [2.45, 2.75) is 58.4 Å². The molecule has 1 aromatic carbocycles. The Morgan fingerprint density at radius 3 is 2.23 bits per heavy atom. The first-order chi connectivity index (χ1) is 12.7. The monoisotopic (exact) mass is 373 g/mol. The Bertz CT molecular complexity index is 688. The maximum absolute atomic E-state index is 13.2. The second-order valence-corrected chi connectivity index (χ2v) is 7.99. The van der Waals surface area contributed by atoms with Crippen LogP contribution in [-0.4, -0.2) is 35.1 Å². The van der Waals surface area contributed by atoms with Gasteiger partial charge in [-0.2, -0.15) is 0 Å². The molecule has 1 aromatic rings. The van der Waals surface area contributed by atoms with Crippen molar-refractivity contribution in [2.75, 3.05) is 12.4 Å². The van der Waals surface area contributed by atoms with Crippen molar-refractivity contribution in [3.05, 3.63) is 34.7 Å². The van der Waals surface area contributed by atoms with Crippen LogP contribution in [0.4, 0.5) is 0 Å². The fraction of sp³-hybridized carbons (Fsp3) is 0.524. The summed E-state index contributed by atoms with van der Waals surface area (Å²) in [5.74, 6) is 1.33. The molecule has 5 heteroatoms. The molecule has 1 heterocycles. The maximum atomic E-state index is 13.2. The van der Waals surface area contributed by atoms with Crippen LogP contribution in [0.25, 0.3) is 5.57 Å². The van der Waals surface area contributed by atoms with Gasteiger partial charge in [0.05, 0.1) is 17.1 Å². The third-order valence-corrected chi connectivity index (χ3v) is 5.96. The number of benzene rings is 1. The lowest BCUT2D eigenvalue weighted by Gasteiger charge is -2.25. The predicted molar refractivity (Wildman–Crippen MR) is 106 cm³/mol. The van der Waals surface area contributed by atoms with Crippen molar-refractivity contribution in [1.82, 2.24) is 4.90 Å². The first-order valence-corrected chi connectivity index (χ1v) is 10.6. The zero-order valence-electron chi connectivity index (χ0n) is 15.6. The number of amides is 2. The molecule has 140 valence electrons. The molecule has 0 aromatic heterocycles. The summed E-state index contributed by atoms with van der Waals surface area (Å²) >= 11 is 1.48. The molecule has 0 bridgehead atoms. The summed E-state index contributed by atoms with van der Waals surface area (Å²) in [4.78, 5) is 28.5. The fourth-order valence-electron chi connectivity index (χ4n) is 3.79. The second-order valence-electron chi connectivity index (χ2n) is 6.72. The quantitative estimate of drug-likeness (QED) is 0.538. The molecular weight excluding hydrogens is 346 g/mol. The molecule has 1 aliphatic carbocycles. The summed E-state index contributed by atoms with van der Waals surface area (Å²) in [5, 5.41) is 0. The van der Waals surface area contributed by atoms with Gasteiger partial charge < -0.3 is 4.74 Å². The van der Waals surface area contributed by atoms with Gasteiger partial charge in [-0.05, 0) is 43.2 Å². The Morgan fingerprint density at radius 2 is 1.65 bits per heavy atom. The summed E-state index contributed by atoms with van der Waals surface area (Å²) < 4.78 is 5.49. The van der Waals surface area contributed by atoms with Crippen molar-refractivity contribution < 1.29 is 14.3 Å². The van der Waals surface area contributed by atoms with Gasteiger partial charge in [-0.25, -0.2) is 0 Å². The Hall–Kier alpha value is -1.75. The van der Waals surface area contributed by atoms with Gasteiger partial charge in [-0.1, -0.05) is 44.7 Å². The molecule has 1 aliphatic heterocycles. The van der Waals surface area contributed by atoms with Crippen molar-refractivity contribution in [2.24, 2.45) is 0 Å². The number of hydrogen-bond donors (Lipinski definition) is 0. The van der Waals surface area contributed by atoms with E-state index in [1.54, 1.807) is 4.90 Å². The Labute approximate surface area is 160 Å². The molecule has 2 amide bonds. The number of rotatable bonds is 6. The molecule has 1 fully saturated rings. The predicted octanol–water partition coefficient (Wildman–Crippen LogP) is 4.64. The van der Waals surface area contributed by atoms with Crippen molar-refractivity contribution in [3.63, 3.8) is 0 Å². The second kappa shape index (κ2) is 8.76. The van der Waals surface area contributed by atoms with Gasteiger partial charge in [-0.15, -0.1) is 11.8 Å². The number of thioether (sulfide) groups is 1. The van der Waals surface area contributed by atoms with E-state index in [0.29, 0.717) is 17.1 Å². The molecule has 26 heavy (non-hydrogen) atoms. The van der Waals surface area contributed by atoms with Gasteiger partial charge in [0.1, 0.15) is 5.75 Å². The standard InChI is InChI=1S/C21H27NO3S/c1-3-25-17-13-11-15(12-14-17)18-19(26-4-2)21(24)22(20(18)23)16-9-7-5-6-8-10-16/h11-14,16H,3-10H2,1-2H3. The van der Waals surface area contributed by atoms with E-state index < -0.39 is 0 Å². The zero-order valence-corrected chi connectivity index (χ0v) is 16.4. The third kappa shape index (κ3) is 3.83. The summed E-state index contributed by atoms with van der Waals surface area (Å²) in [5.41, 5.74) is 1.37. The summed E-state index contributed by atoms with van der Waals surface area (Å²) in [7, 11) is 0. The van der Waals surface area contributed by atoms with Crippen LogP contribution in [-0.2, 0) is 9.59 Å². The van der Waals surface area contributed by atoms with E-state index in [2.05, 4.69) is 0 Å². The van der Waals surface area contributed by atoms with Crippen LogP contribution in [0.1, 0.15) is 57.9 Å². The van der Waals surface area contributed by atoms with Crippen molar-refractivity contribution in [3.8, 4) is 5.75 Å². The van der Waals surface area contributed by atoms with Gasteiger partial charge in [0.15, 0.2) is 0 Å². The highest BCUT2D eigenvalue weighted by atomic mass is 32.2. The summed E-state index contributed by atoms with van der Waals surface area (Å²) in [6.07, 6.45) is 6.44. The number of hydrogen-bond acceptors (Lipinski definition) is 4. The topological polar surface area (TPSA) is 46.6 Å². The minimum Gasteiger partial charge on any atom is -0.494 e. The van der Waals surface area contributed by atoms with Crippen LogP contribution in [0.5, 0.6) is 5.75 Å². The molecule has 2 aliphatic rings. The van der Waals surface area contributed by atoms with E-state index in [4.69, 9.17) is 4.74 Å². The molecule has 0 spiro atoms. The zero-order chi connectivity index (χ0) is 18.5. The maximum Gasteiger partial charge on any atom is 0.268 e. The van der Waals surface area contributed by atoms with Gasteiger partial charge >= 0.3 is 0 Å². The normalized spacial score (nSPS) is 19.2. The Balaban J connectivity index is 1.92. The first kappa shape index (κ1) is 19.0. The lowest BCUT2D eigenvalue weighted by molar-refractivity contribution is -0.139. The number of ether oxygens (including phenoxy) is 1. The van der Waals surface area contributed by atoms with Crippen LogP contribution in [0.3, 0.4) is 0 Å². The average Bonchev–Trinajstić information content (AvgIpc) is 2.82. The molecule has 1 saturated carbocycles. The number of carbonyl (C=O) groups is 2. The lowest BCUT2D eigenvalue weighted by Crippen LogP contribution is -2.40. The molecule has 0 saturated heterocycles. The minimum atomic E-state index is -0.123. The first-order valence-electron chi connectivity index (χ1n) is 9.65. The Kier molecular flexibility index (Phi) is 6.41. The molecule has 0 unspecified atom stereocenters. The van der Waals surface area contributed by atoms with Crippen molar-refractivity contribution >= 4 is 29.1 Å². The molecule has 4 nitrogen and oxygen atoms in total. The molecule has 3 rings (SSSR count). The van der Waals surface area contributed by atoms with E-state index in [9.17, 15) is 9.59 Å². The van der Waals surface area contributed by atoms with E-state index in [0.717, 1.165) is 42.7 Å². The molecule has 0 radical (unpaired) electrons. The summed E-state index contributed by atoms with van der Waals surface area (Å²) in [6.45, 7) is 4.56. The van der Waals surface area contributed by atoms with Crippen LogP contribution in [0.2, 0.25) is 0 Å². The highest BCUT2D eigenvalue weighted by molar-refractivity contribution is 8.04. The van der Waals surface area contributed by atoms with E-state index >= 15 is 0 Å². The van der Waals surface area contributed by atoms with Gasteiger partial charge in [0, 0.05) is 6.04 Å². The van der Waals surface area contributed by atoms with Crippen LogP contribution >= 0.6 is 11.8 Å². The van der Waals surface area contributed by atoms with Crippen LogP contribution in [0.15, 0.2) is 29.2 Å². The van der Waals surface area contributed by atoms with E-state index in [1.165, 1.54) is 24.6 Å². The highest BCUT2D eigenvalue weighted by Crippen LogP contribution is 2.39. The minimum absolute atomic E-state index is 0.0464. The van der Waals surface area contributed by atoms with Gasteiger partial charge in [0.2, 0.25) is 0 Å².